The van der Waals surface area contributed by atoms with Crippen LogP contribution in [0.1, 0.15) is 46.1 Å². The van der Waals surface area contributed by atoms with Gasteiger partial charge in [-0.3, -0.25) is 4.79 Å². The van der Waals surface area contributed by atoms with Gasteiger partial charge in [-0.25, -0.2) is 9.07 Å². The summed E-state index contributed by atoms with van der Waals surface area (Å²) in [5.41, 5.74) is 0.0832. The van der Waals surface area contributed by atoms with Crippen LogP contribution < -0.4 is 5.32 Å². The molecule has 1 saturated carbocycles. The summed E-state index contributed by atoms with van der Waals surface area (Å²) >= 11 is 3.36. The third-order valence-electron chi connectivity index (χ3n) is 4.77. The van der Waals surface area contributed by atoms with Gasteiger partial charge < -0.3 is 5.32 Å². The second-order valence-electron chi connectivity index (χ2n) is 6.97. The normalized spacial score (nSPS) is 14.0. The molecule has 0 unspecified atom stereocenters. The van der Waals surface area contributed by atoms with Gasteiger partial charge in [0.1, 0.15) is 5.82 Å². The molecule has 156 valence electrons. The molecular formula is C20H15BrF4N4O. The molecule has 1 aromatic heterocycles. The van der Waals surface area contributed by atoms with E-state index in [0.717, 1.165) is 35.1 Å². The maximum Gasteiger partial charge on any atom is 0.416 e. The Kier molecular flexibility index (Phi) is 5.35. The highest BCUT2D eigenvalue weighted by Gasteiger charge is 2.36. The van der Waals surface area contributed by atoms with E-state index >= 15 is 0 Å². The average Bonchev–Trinajstić information content (AvgIpc) is 3.44. The number of benzene rings is 2. The third-order valence-corrected chi connectivity index (χ3v) is 5.30. The van der Waals surface area contributed by atoms with Crippen LogP contribution >= 0.6 is 15.9 Å². The summed E-state index contributed by atoms with van der Waals surface area (Å²) in [6.45, 7) is -0.413. The largest absolute Gasteiger partial charge is 0.416 e. The molecule has 0 saturated heterocycles. The van der Waals surface area contributed by atoms with E-state index in [9.17, 15) is 22.4 Å². The number of hydrogen-bond acceptors (Lipinski definition) is 3. The van der Waals surface area contributed by atoms with Crippen molar-refractivity contribution >= 4 is 21.8 Å². The van der Waals surface area contributed by atoms with E-state index in [1.807, 2.05) is 24.3 Å². The van der Waals surface area contributed by atoms with E-state index in [-0.39, 0.29) is 17.2 Å². The molecule has 4 rings (SSSR count). The first-order valence-electron chi connectivity index (χ1n) is 9.09. The van der Waals surface area contributed by atoms with E-state index < -0.39 is 30.0 Å². The summed E-state index contributed by atoms with van der Waals surface area (Å²) in [5.74, 6) is -1.51. The van der Waals surface area contributed by atoms with Gasteiger partial charge in [-0.1, -0.05) is 27.2 Å². The van der Waals surface area contributed by atoms with Crippen LogP contribution in [0.25, 0.3) is 5.69 Å². The van der Waals surface area contributed by atoms with Crippen molar-refractivity contribution in [2.24, 2.45) is 0 Å². The van der Waals surface area contributed by atoms with Crippen molar-refractivity contribution in [2.45, 2.75) is 31.5 Å². The molecule has 1 N–H and O–H groups in total. The third kappa shape index (κ3) is 4.23. The van der Waals surface area contributed by atoms with Gasteiger partial charge in [0, 0.05) is 16.9 Å². The van der Waals surface area contributed by atoms with Crippen molar-refractivity contribution < 1.29 is 22.4 Å². The molecule has 0 radical (unpaired) electrons. The summed E-state index contributed by atoms with van der Waals surface area (Å²) in [4.78, 5) is 12.7. The number of nitrogens with zero attached hydrogens (tertiary/aromatic N) is 3. The Hall–Kier alpha value is -2.75. The van der Waals surface area contributed by atoms with Crippen molar-refractivity contribution in [3.05, 3.63) is 75.3 Å². The number of hydrogen-bond donors (Lipinski definition) is 1. The smallest absolute Gasteiger partial charge is 0.346 e. The van der Waals surface area contributed by atoms with Gasteiger partial charge in [0.25, 0.3) is 5.91 Å². The molecule has 1 aliphatic rings. The van der Waals surface area contributed by atoms with E-state index in [1.165, 1.54) is 0 Å². The number of amides is 1. The summed E-state index contributed by atoms with van der Waals surface area (Å²) < 4.78 is 55.2. The SMILES string of the molecule is O=C(NCc1ccc(F)cc1C(F)(F)F)c1nnn(-c2ccc(Br)cc2)c1C1CC1. The molecule has 0 bridgehead atoms. The zero-order valence-corrected chi connectivity index (χ0v) is 17.0. The Balaban J connectivity index is 1.59. The number of nitrogens with one attached hydrogen (secondary N) is 1. The van der Waals surface area contributed by atoms with Gasteiger partial charge in [-0.2, -0.15) is 13.2 Å². The quantitative estimate of drug-likeness (QED) is 0.520. The first-order chi connectivity index (χ1) is 14.2. The fourth-order valence-corrected chi connectivity index (χ4v) is 3.44. The Morgan fingerprint density at radius 3 is 2.50 bits per heavy atom. The number of halogens is 5. The lowest BCUT2D eigenvalue weighted by Crippen LogP contribution is -2.26. The zero-order chi connectivity index (χ0) is 21.5. The molecule has 1 heterocycles. The van der Waals surface area contributed by atoms with Gasteiger partial charge >= 0.3 is 6.18 Å². The maximum atomic E-state index is 13.3. The molecule has 30 heavy (non-hydrogen) atoms. The summed E-state index contributed by atoms with van der Waals surface area (Å²) in [6, 6.07) is 9.66. The lowest BCUT2D eigenvalue weighted by molar-refractivity contribution is -0.138. The molecule has 2 aromatic carbocycles. The zero-order valence-electron chi connectivity index (χ0n) is 15.4. The molecule has 10 heteroatoms. The van der Waals surface area contributed by atoms with Crippen LogP contribution in [-0.4, -0.2) is 20.9 Å². The molecule has 5 nitrogen and oxygen atoms in total. The van der Waals surface area contributed by atoms with Crippen LogP contribution in [0.4, 0.5) is 17.6 Å². The average molecular weight is 483 g/mol. The first-order valence-corrected chi connectivity index (χ1v) is 9.88. The van der Waals surface area contributed by atoms with Crippen LogP contribution in [0.2, 0.25) is 0 Å². The van der Waals surface area contributed by atoms with Crippen molar-refractivity contribution in [1.82, 2.24) is 20.3 Å². The minimum absolute atomic E-state index is 0.0797. The minimum atomic E-state index is -4.73. The lowest BCUT2D eigenvalue weighted by Gasteiger charge is -2.13. The molecule has 1 fully saturated rings. The monoisotopic (exact) mass is 482 g/mol. The fourth-order valence-electron chi connectivity index (χ4n) is 3.17. The van der Waals surface area contributed by atoms with E-state index in [0.29, 0.717) is 11.8 Å². The highest BCUT2D eigenvalue weighted by atomic mass is 79.9. The molecule has 1 amide bonds. The van der Waals surface area contributed by atoms with Crippen LogP contribution in [0.5, 0.6) is 0 Å². The molecule has 0 aliphatic heterocycles. The van der Waals surface area contributed by atoms with E-state index in [2.05, 4.69) is 31.6 Å². The fraction of sp³-hybridized carbons (Fsp3) is 0.250. The Bertz CT molecular complexity index is 1090. The predicted octanol–water partition coefficient (Wildman–Crippen LogP) is 5.00. The maximum absolute atomic E-state index is 13.3. The predicted molar refractivity (Wildman–Crippen MR) is 104 cm³/mol. The van der Waals surface area contributed by atoms with Crippen LogP contribution in [0, 0.1) is 5.82 Å². The number of aromatic nitrogens is 3. The molecule has 0 atom stereocenters. The highest BCUT2D eigenvalue weighted by molar-refractivity contribution is 9.10. The van der Waals surface area contributed by atoms with Crippen molar-refractivity contribution in [2.75, 3.05) is 0 Å². The Labute approximate surface area is 177 Å². The highest BCUT2D eigenvalue weighted by Crippen LogP contribution is 2.42. The second kappa shape index (κ2) is 7.82. The van der Waals surface area contributed by atoms with Crippen LogP contribution in [-0.2, 0) is 12.7 Å². The van der Waals surface area contributed by atoms with Crippen LogP contribution in [0.15, 0.2) is 46.9 Å². The van der Waals surface area contributed by atoms with Gasteiger partial charge in [0.2, 0.25) is 0 Å². The van der Waals surface area contributed by atoms with Gasteiger partial charge in [0.15, 0.2) is 5.69 Å². The molecule has 3 aromatic rings. The van der Waals surface area contributed by atoms with Crippen molar-refractivity contribution in [3.63, 3.8) is 0 Å². The topological polar surface area (TPSA) is 59.8 Å². The standard InChI is InChI=1S/C20H15BrF4N4O/c21-13-4-7-15(8-5-13)29-18(11-1-2-11)17(27-28-29)19(30)26-10-12-3-6-14(22)9-16(12)20(23,24)25/h3-9,11H,1-2,10H2,(H,26,30). The van der Waals surface area contributed by atoms with Gasteiger partial charge in [0.05, 0.1) is 16.9 Å². The van der Waals surface area contributed by atoms with Gasteiger partial charge in [-0.05, 0) is 54.8 Å². The van der Waals surface area contributed by atoms with Crippen LogP contribution in [0.3, 0.4) is 0 Å². The number of alkyl halides is 3. The minimum Gasteiger partial charge on any atom is -0.346 e. The number of rotatable bonds is 5. The molecular weight excluding hydrogens is 468 g/mol. The second-order valence-corrected chi connectivity index (χ2v) is 7.88. The summed E-state index contributed by atoms with van der Waals surface area (Å²) in [5, 5.41) is 10.5. The Morgan fingerprint density at radius 1 is 1.17 bits per heavy atom. The number of carbonyl (C=O) groups excluding carboxylic acids is 1. The molecule has 1 aliphatic carbocycles. The van der Waals surface area contributed by atoms with Gasteiger partial charge in [-0.15, -0.1) is 5.10 Å². The van der Waals surface area contributed by atoms with E-state index in [1.54, 1.807) is 4.68 Å². The van der Waals surface area contributed by atoms with Crippen molar-refractivity contribution in [3.8, 4) is 5.69 Å². The lowest BCUT2D eigenvalue weighted by atomic mass is 10.1. The summed E-state index contributed by atoms with van der Waals surface area (Å²) in [7, 11) is 0. The number of carbonyl (C=O) groups is 1. The van der Waals surface area contributed by atoms with E-state index in [4.69, 9.17) is 0 Å². The first kappa shape index (κ1) is 20.5. The van der Waals surface area contributed by atoms with Crippen molar-refractivity contribution in [1.29, 1.82) is 0 Å². The Morgan fingerprint density at radius 2 is 1.87 bits per heavy atom. The molecule has 0 spiro atoms. The summed E-state index contributed by atoms with van der Waals surface area (Å²) in [6.07, 6.45) is -2.98.